The van der Waals surface area contributed by atoms with Crippen molar-refractivity contribution in [1.82, 2.24) is 0 Å². The van der Waals surface area contributed by atoms with Crippen LogP contribution >= 0.6 is 0 Å². The van der Waals surface area contributed by atoms with Crippen LogP contribution in [0.3, 0.4) is 0 Å². The highest BCUT2D eigenvalue weighted by atomic mass is 16.5. The second kappa shape index (κ2) is 6.49. The topological polar surface area (TPSA) is 35.2 Å². The molecule has 1 fully saturated rings. The predicted molar refractivity (Wildman–Crippen MR) is 64.9 cm³/mol. The molecule has 0 unspecified atom stereocenters. The third-order valence-electron chi connectivity index (χ3n) is 3.85. The van der Waals surface area contributed by atoms with E-state index in [1.54, 1.807) is 0 Å². The largest absolute Gasteiger partial charge is 0.382 e. The van der Waals surface area contributed by atoms with Crippen LogP contribution in [0.1, 0.15) is 58.8 Å². The Bertz CT molecular complexity index is 162. The first-order valence-electron chi connectivity index (χ1n) is 6.57. The van der Waals surface area contributed by atoms with Gasteiger partial charge in [0.05, 0.1) is 0 Å². The van der Waals surface area contributed by atoms with Crippen LogP contribution in [0.25, 0.3) is 0 Å². The van der Waals surface area contributed by atoms with E-state index in [1.807, 2.05) is 6.92 Å². The van der Waals surface area contributed by atoms with Gasteiger partial charge in [0.1, 0.15) is 0 Å². The third-order valence-corrected chi connectivity index (χ3v) is 3.85. The fourth-order valence-corrected chi connectivity index (χ4v) is 2.58. The van der Waals surface area contributed by atoms with Crippen molar-refractivity contribution in [3.8, 4) is 0 Å². The summed E-state index contributed by atoms with van der Waals surface area (Å²) in [5.41, 5.74) is 6.53. The summed E-state index contributed by atoms with van der Waals surface area (Å²) in [6.45, 7) is 6.05. The Balaban J connectivity index is 2.17. The zero-order valence-corrected chi connectivity index (χ0v) is 10.4. The maximum Gasteiger partial charge on any atom is 0.0466 e. The minimum atomic E-state index is 0.128. The Labute approximate surface area is 94.6 Å². The molecule has 0 radical (unpaired) electrons. The van der Waals surface area contributed by atoms with Crippen LogP contribution in [0.15, 0.2) is 0 Å². The zero-order valence-electron chi connectivity index (χ0n) is 10.4. The smallest absolute Gasteiger partial charge is 0.0466 e. The first kappa shape index (κ1) is 13.0. The highest BCUT2D eigenvalue weighted by Gasteiger charge is 2.30. The van der Waals surface area contributed by atoms with Crippen LogP contribution in [0, 0.1) is 5.92 Å². The Hall–Kier alpha value is -0.0800. The van der Waals surface area contributed by atoms with Gasteiger partial charge in [-0.1, -0.05) is 13.3 Å². The second-order valence-electron chi connectivity index (χ2n) is 5.01. The van der Waals surface area contributed by atoms with Gasteiger partial charge >= 0.3 is 0 Å². The van der Waals surface area contributed by atoms with Gasteiger partial charge in [0.25, 0.3) is 0 Å². The Morgan fingerprint density at radius 1 is 1.27 bits per heavy atom. The number of nitrogens with two attached hydrogens (primary N) is 1. The van der Waals surface area contributed by atoms with Crippen LogP contribution < -0.4 is 5.73 Å². The van der Waals surface area contributed by atoms with Crippen molar-refractivity contribution in [3.05, 3.63) is 0 Å². The minimum absolute atomic E-state index is 0.128. The van der Waals surface area contributed by atoms with Gasteiger partial charge in [0, 0.05) is 18.8 Å². The van der Waals surface area contributed by atoms with Crippen molar-refractivity contribution >= 4 is 0 Å². The number of ether oxygens (including phenoxy) is 1. The molecule has 0 aromatic rings. The van der Waals surface area contributed by atoms with Crippen molar-refractivity contribution in [2.24, 2.45) is 11.7 Å². The summed E-state index contributed by atoms with van der Waals surface area (Å²) in [6, 6.07) is 0. The number of hydrogen-bond acceptors (Lipinski definition) is 2. The summed E-state index contributed by atoms with van der Waals surface area (Å²) in [5.74, 6) is 0.938. The lowest BCUT2D eigenvalue weighted by Gasteiger charge is -2.37. The molecule has 2 N–H and O–H groups in total. The normalized spacial score (nSPS) is 31.8. The monoisotopic (exact) mass is 213 g/mol. The summed E-state index contributed by atoms with van der Waals surface area (Å²) >= 11 is 0. The van der Waals surface area contributed by atoms with E-state index in [0.29, 0.717) is 0 Å². The summed E-state index contributed by atoms with van der Waals surface area (Å²) in [4.78, 5) is 0. The molecular weight excluding hydrogens is 186 g/mol. The zero-order chi connectivity index (χ0) is 11.1. The van der Waals surface area contributed by atoms with Gasteiger partial charge in [-0.05, 0) is 51.4 Å². The van der Waals surface area contributed by atoms with E-state index in [4.69, 9.17) is 10.5 Å². The van der Waals surface area contributed by atoms with Crippen LogP contribution in [-0.2, 0) is 4.74 Å². The van der Waals surface area contributed by atoms with Crippen molar-refractivity contribution in [2.45, 2.75) is 64.3 Å². The Morgan fingerprint density at radius 3 is 2.47 bits per heavy atom. The average Bonchev–Trinajstić information content (AvgIpc) is 2.26. The lowest BCUT2D eigenvalue weighted by Crippen LogP contribution is -2.43. The molecule has 2 nitrogen and oxygen atoms in total. The van der Waals surface area contributed by atoms with Crippen molar-refractivity contribution in [3.63, 3.8) is 0 Å². The molecule has 0 amide bonds. The predicted octanol–water partition coefficient (Wildman–Crippen LogP) is 3.10. The fourth-order valence-electron chi connectivity index (χ4n) is 2.58. The molecule has 0 spiro atoms. The third kappa shape index (κ3) is 4.52. The maximum atomic E-state index is 6.40. The molecule has 0 saturated heterocycles. The summed E-state index contributed by atoms with van der Waals surface area (Å²) in [7, 11) is 0. The molecular formula is C13H27NO. The summed E-state index contributed by atoms with van der Waals surface area (Å²) < 4.78 is 5.36. The van der Waals surface area contributed by atoms with E-state index in [1.165, 1.54) is 32.1 Å². The lowest BCUT2D eigenvalue weighted by molar-refractivity contribution is 0.128. The van der Waals surface area contributed by atoms with E-state index < -0.39 is 0 Å². The fraction of sp³-hybridized carbons (Fsp3) is 1.00. The van der Waals surface area contributed by atoms with Gasteiger partial charge in [-0.2, -0.15) is 0 Å². The Kier molecular flexibility index (Phi) is 5.62. The molecule has 0 aliphatic heterocycles. The molecule has 1 saturated carbocycles. The standard InChI is InChI=1S/C13H27NO/c1-3-12-6-9-13(14,10-7-12)8-5-11-15-4-2/h12H,3-11,14H2,1-2H3. The quantitative estimate of drug-likeness (QED) is 0.688. The van der Waals surface area contributed by atoms with E-state index >= 15 is 0 Å². The van der Waals surface area contributed by atoms with Crippen molar-refractivity contribution in [2.75, 3.05) is 13.2 Å². The van der Waals surface area contributed by atoms with Gasteiger partial charge < -0.3 is 10.5 Å². The first-order valence-corrected chi connectivity index (χ1v) is 6.57. The molecule has 1 aliphatic rings. The second-order valence-corrected chi connectivity index (χ2v) is 5.01. The van der Waals surface area contributed by atoms with E-state index in [-0.39, 0.29) is 5.54 Å². The first-order chi connectivity index (χ1) is 7.20. The molecule has 1 aliphatic carbocycles. The van der Waals surface area contributed by atoms with Crippen LogP contribution in [0.4, 0.5) is 0 Å². The molecule has 0 aromatic heterocycles. The number of rotatable bonds is 6. The van der Waals surface area contributed by atoms with Gasteiger partial charge in [0.15, 0.2) is 0 Å². The molecule has 15 heavy (non-hydrogen) atoms. The lowest BCUT2D eigenvalue weighted by atomic mass is 9.74. The van der Waals surface area contributed by atoms with E-state index in [0.717, 1.165) is 32.0 Å². The summed E-state index contributed by atoms with van der Waals surface area (Å²) in [5, 5.41) is 0. The van der Waals surface area contributed by atoms with Gasteiger partial charge in [-0.25, -0.2) is 0 Å². The molecule has 0 aromatic carbocycles. The van der Waals surface area contributed by atoms with E-state index in [9.17, 15) is 0 Å². The highest BCUT2D eigenvalue weighted by molar-refractivity contribution is 4.89. The maximum absolute atomic E-state index is 6.40. The van der Waals surface area contributed by atoms with Gasteiger partial charge in [-0.15, -0.1) is 0 Å². The number of hydrogen-bond donors (Lipinski definition) is 1. The SMILES string of the molecule is CCOCCCC1(N)CCC(CC)CC1. The average molecular weight is 213 g/mol. The van der Waals surface area contributed by atoms with Crippen LogP contribution in [0.2, 0.25) is 0 Å². The van der Waals surface area contributed by atoms with Gasteiger partial charge in [0.2, 0.25) is 0 Å². The minimum Gasteiger partial charge on any atom is -0.382 e. The molecule has 0 bridgehead atoms. The molecule has 0 heterocycles. The van der Waals surface area contributed by atoms with E-state index in [2.05, 4.69) is 6.92 Å². The highest BCUT2D eigenvalue weighted by Crippen LogP contribution is 2.34. The van der Waals surface area contributed by atoms with Crippen LogP contribution in [-0.4, -0.2) is 18.8 Å². The molecule has 2 heteroatoms. The molecule has 90 valence electrons. The van der Waals surface area contributed by atoms with Crippen LogP contribution in [0.5, 0.6) is 0 Å². The Morgan fingerprint density at radius 2 is 1.93 bits per heavy atom. The molecule has 0 atom stereocenters. The molecule has 1 rings (SSSR count). The van der Waals surface area contributed by atoms with Gasteiger partial charge in [-0.3, -0.25) is 0 Å². The summed E-state index contributed by atoms with van der Waals surface area (Å²) in [6.07, 6.45) is 8.71. The van der Waals surface area contributed by atoms with Crippen molar-refractivity contribution < 1.29 is 4.74 Å². The van der Waals surface area contributed by atoms with Crippen molar-refractivity contribution in [1.29, 1.82) is 0 Å².